The maximum atomic E-state index is 13.1. The number of rotatable bonds is 5. The molecule has 0 bridgehead atoms. The molecule has 0 radical (unpaired) electrons. The molecule has 0 spiro atoms. The van der Waals surface area contributed by atoms with Gasteiger partial charge >= 0.3 is 0 Å². The van der Waals surface area contributed by atoms with Gasteiger partial charge in [-0.25, -0.2) is 4.90 Å². The van der Waals surface area contributed by atoms with Crippen molar-refractivity contribution in [2.24, 2.45) is 0 Å². The molecule has 3 amide bonds. The fraction of sp³-hybridized carbons (Fsp3) is 0.276. The van der Waals surface area contributed by atoms with Crippen molar-refractivity contribution in [3.63, 3.8) is 0 Å². The van der Waals surface area contributed by atoms with Gasteiger partial charge in [-0.3, -0.25) is 14.4 Å². The zero-order valence-corrected chi connectivity index (χ0v) is 21.3. The zero-order valence-electron chi connectivity index (χ0n) is 21.3. The molecule has 1 N–H and O–H groups in total. The Morgan fingerprint density at radius 1 is 0.789 bits per heavy atom. The van der Waals surface area contributed by atoms with E-state index < -0.39 is 5.91 Å². The zero-order chi connectivity index (χ0) is 26.8. The molecule has 0 atom stereocenters. The highest BCUT2D eigenvalue weighted by Crippen LogP contribution is 2.34. The third-order valence-corrected chi connectivity index (χ3v) is 7.02. The van der Waals surface area contributed by atoms with Crippen molar-refractivity contribution in [2.45, 2.75) is 12.8 Å². The Kier molecular flexibility index (Phi) is 6.91. The van der Waals surface area contributed by atoms with Crippen LogP contribution in [0.2, 0.25) is 0 Å². The van der Waals surface area contributed by atoms with Crippen LogP contribution in [-0.2, 0) is 11.2 Å². The van der Waals surface area contributed by atoms with E-state index in [1.54, 1.807) is 44.6 Å². The molecule has 2 aliphatic heterocycles. The number of nitrogens with zero attached hydrogens (tertiary/aromatic N) is 3. The number of phenols is 1. The molecule has 2 heterocycles. The van der Waals surface area contributed by atoms with E-state index in [2.05, 4.69) is 4.90 Å². The molecular weight excluding hydrogens is 486 g/mol. The molecule has 0 saturated carbocycles. The van der Waals surface area contributed by atoms with Crippen LogP contribution in [0.3, 0.4) is 0 Å². The summed E-state index contributed by atoms with van der Waals surface area (Å²) in [7, 11) is 3.10. The van der Waals surface area contributed by atoms with Crippen LogP contribution in [0, 0.1) is 0 Å². The first-order valence-electron chi connectivity index (χ1n) is 12.4. The van der Waals surface area contributed by atoms with Gasteiger partial charge < -0.3 is 24.4 Å². The Morgan fingerprint density at radius 3 is 2.24 bits per heavy atom. The van der Waals surface area contributed by atoms with Crippen LogP contribution >= 0.6 is 0 Å². The fourth-order valence-corrected chi connectivity index (χ4v) is 4.99. The molecule has 5 rings (SSSR count). The van der Waals surface area contributed by atoms with Crippen LogP contribution in [0.25, 0.3) is 0 Å². The van der Waals surface area contributed by atoms with E-state index in [0.717, 1.165) is 11.3 Å². The van der Waals surface area contributed by atoms with Crippen LogP contribution in [0.5, 0.6) is 17.2 Å². The summed E-state index contributed by atoms with van der Waals surface area (Å²) in [5.74, 6) is 0.282. The predicted molar refractivity (Wildman–Crippen MR) is 142 cm³/mol. The molecule has 9 nitrogen and oxygen atoms in total. The number of amides is 3. The highest BCUT2D eigenvalue weighted by molar-refractivity contribution is 6.22. The van der Waals surface area contributed by atoms with Crippen molar-refractivity contribution in [2.75, 3.05) is 50.2 Å². The molecule has 1 saturated heterocycles. The number of anilines is 2. The minimum atomic E-state index is -0.457. The second-order valence-corrected chi connectivity index (χ2v) is 9.25. The molecule has 1 fully saturated rings. The first kappa shape index (κ1) is 25.1. The molecule has 3 aromatic rings. The Labute approximate surface area is 220 Å². The van der Waals surface area contributed by atoms with E-state index in [1.807, 2.05) is 23.1 Å². The van der Waals surface area contributed by atoms with Crippen LogP contribution in [0.1, 0.15) is 32.7 Å². The second kappa shape index (κ2) is 10.5. The Hall–Kier alpha value is -4.53. The van der Waals surface area contributed by atoms with Gasteiger partial charge in [-0.15, -0.1) is 0 Å². The Balaban J connectivity index is 1.29. The second-order valence-electron chi connectivity index (χ2n) is 9.25. The number of hydrogen-bond donors (Lipinski definition) is 1. The molecule has 9 heteroatoms. The van der Waals surface area contributed by atoms with Gasteiger partial charge in [0.25, 0.3) is 11.8 Å². The lowest BCUT2D eigenvalue weighted by Gasteiger charge is -2.37. The van der Waals surface area contributed by atoms with Gasteiger partial charge in [-0.1, -0.05) is 6.07 Å². The van der Waals surface area contributed by atoms with E-state index >= 15 is 0 Å². The Morgan fingerprint density at radius 2 is 1.53 bits per heavy atom. The highest BCUT2D eigenvalue weighted by atomic mass is 16.5. The van der Waals surface area contributed by atoms with Gasteiger partial charge in [0.05, 0.1) is 19.9 Å². The molecule has 0 aliphatic carbocycles. The number of phenolic OH excluding ortho intramolecular Hbond substituents is 1. The molecule has 2 aliphatic rings. The maximum Gasteiger partial charge on any atom is 0.265 e. The van der Waals surface area contributed by atoms with Gasteiger partial charge in [0.2, 0.25) is 5.91 Å². The number of benzene rings is 3. The normalized spacial score (nSPS) is 15.2. The first-order valence-corrected chi connectivity index (χ1v) is 12.4. The van der Waals surface area contributed by atoms with Gasteiger partial charge in [0.1, 0.15) is 5.75 Å². The quantitative estimate of drug-likeness (QED) is 0.520. The predicted octanol–water partition coefficient (Wildman–Crippen LogP) is 3.49. The third kappa shape index (κ3) is 4.74. The van der Waals surface area contributed by atoms with Gasteiger partial charge in [-0.2, -0.15) is 0 Å². The van der Waals surface area contributed by atoms with Crippen LogP contribution < -0.4 is 19.3 Å². The summed E-state index contributed by atoms with van der Waals surface area (Å²) in [6.45, 7) is 2.43. The minimum Gasteiger partial charge on any atom is -0.508 e. The lowest BCUT2D eigenvalue weighted by molar-refractivity contribution is -0.118. The number of aryl methyl sites for hydroxylation is 1. The van der Waals surface area contributed by atoms with Crippen molar-refractivity contribution in [3.05, 3.63) is 77.4 Å². The molecule has 3 aromatic carbocycles. The summed E-state index contributed by atoms with van der Waals surface area (Å²) in [6.07, 6.45) is 0.776. The SMILES string of the molecule is COc1ccc(C(=O)N2CCN(c3ccc4c(c3)CCC(=O)N4C(=O)c3cccc(O)c3)CC2)cc1OC. The maximum absolute atomic E-state index is 13.1. The van der Waals surface area contributed by atoms with Gasteiger partial charge in [-0.05, 0) is 66.6 Å². The van der Waals surface area contributed by atoms with Crippen LogP contribution in [0.4, 0.5) is 11.4 Å². The van der Waals surface area contributed by atoms with E-state index in [1.165, 1.54) is 17.0 Å². The van der Waals surface area contributed by atoms with E-state index in [9.17, 15) is 19.5 Å². The summed E-state index contributed by atoms with van der Waals surface area (Å²) in [4.78, 5) is 44.2. The molecule has 38 heavy (non-hydrogen) atoms. The summed E-state index contributed by atoms with van der Waals surface area (Å²) < 4.78 is 10.6. The number of methoxy groups -OCH3 is 2. The standard InChI is InChI=1S/C29H29N3O6/c1-37-25-10-6-21(18-26(25)38-2)28(35)31-14-12-30(13-15-31)22-8-9-24-19(16-22)7-11-27(34)32(24)29(36)20-4-3-5-23(33)17-20/h3-6,8-10,16-18,33H,7,11-15H2,1-2H3. The number of hydrogen-bond acceptors (Lipinski definition) is 7. The van der Waals surface area contributed by atoms with Crippen LogP contribution in [-0.4, -0.2) is 68.1 Å². The summed E-state index contributed by atoms with van der Waals surface area (Å²) in [5.41, 5.74) is 3.28. The summed E-state index contributed by atoms with van der Waals surface area (Å²) in [6, 6.07) is 16.9. The minimum absolute atomic E-state index is 0.0281. The molecule has 0 unspecified atom stereocenters. The number of carbonyl (C=O) groups is 3. The van der Waals surface area contributed by atoms with Crippen molar-refractivity contribution < 1.29 is 29.0 Å². The topological polar surface area (TPSA) is 99.6 Å². The smallest absolute Gasteiger partial charge is 0.265 e. The van der Waals surface area contributed by atoms with Gasteiger partial charge in [0.15, 0.2) is 11.5 Å². The molecular formula is C29H29N3O6. The Bertz CT molecular complexity index is 1400. The third-order valence-electron chi connectivity index (χ3n) is 7.02. The number of ether oxygens (including phenoxy) is 2. The summed E-state index contributed by atoms with van der Waals surface area (Å²) in [5, 5.41) is 9.77. The van der Waals surface area contributed by atoms with E-state index in [0.29, 0.717) is 55.3 Å². The average molecular weight is 516 g/mol. The lowest BCUT2D eigenvalue weighted by Crippen LogP contribution is -2.49. The lowest BCUT2D eigenvalue weighted by atomic mass is 9.99. The number of piperazine rings is 1. The molecule has 0 aromatic heterocycles. The summed E-state index contributed by atoms with van der Waals surface area (Å²) >= 11 is 0. The monoisotopic (exact) mass is 515 g/mol. The highest BCUT2D eigenvalue weighted by Gasteiger charge is 2.31. The number of imide groups is 1. The van der Waals surface area contributed by atoms with Crippen molar-refractivity contribution >= 4 is 29.1 Å². The average Bonchev–Trinajstić information content (AvgIpc) is 2.96. The molecule has 196 valence electrons. The largest absolute Gasteiger partial charge is 0.508 e. The van der Waals surface area contributed by atoms with Crippen LogP contribution in [0.15, 0.2) is 60.7 Å². The van der Waals surface area contributed by atoms with Crippen molar-refractivity contribution in [1.82, 2.24) is 4.90 Å². The van der Waals surface area contributed by atoms with Crippen molar-refractivity contribution in [1.29, 1.82) is 0 Å². The van der Waals surface area contributed by atoms with E-state index in [-0.39, 0.29) is 29.5 Å². The van der Waals surface area contributed by atoms with Gasteiger partial charge in [0, 0.05) is 49.4 Å². The number of aromatic hydroxyl groups is 1. The fourth-order valence-electron chi connectivity index (χ4n) is 4.99. The van der Waals surface area contributed by atoms with Crippen molar-refractivity contribution in [3.8, 4) is 17.2 Å². The number of carbonyl (C=O) groups excluding carboxylic acids is 3. The van der Waals surface area contributed by atoms with E-state index in [4.69, 9.17) is 9.47 Å². The first-order chi connectivity index (χ1) is 18.4. The number of fused-ring (bicyclic) bond motifs is 1.